The van der Waals surface area contributed by atoms with Crippen molar-refractivity contribution in [3.63, 3.8) is 0 Å². The highest BCUT2D eigenvalue weighted by molar-refractivity contribution is 7.92. The van der Waals surface area contributed by atoms with E-state index in [4.69, 9.17) is 0 Å². The van der Waals surface area contributed by atoms with Gasteiger partial charge in [0.2, 0.25) is 15.9 Å². The molecule has 1 aliphatic carbocycles. The van der Waals surface area contributed by atoms with E-state index in [-0.39, 0.29) is 23.9 Å². The molecule has 0 unspecified atom stereocenters. The summed E-state index contributed by atoms with van der Waals surface area (Å²) in [5, 5.41) is 3.01. The molecule has 0 saturated heterocycles. The first-order chi connectivity index (χ1) is 9.89. The fraction of sp³-hybridized carbons (Fsp3) is 0.533. The van der Waals surface area contributed by atoms with Crippen LogP contribution in [0.2, 0.25) is 0 Å². The van der Waals surface area contributed by atoms with Crippen molar-refractivity contribution in [3.8, 4) is 0 Å². The molecule has 1 N–H and O–H groups in total. The number of amides is 1. The SMILES string of the molecule is CC(=O)N[C@H]1CCC[C@H]2[C@@H]1c1ccccc1N2S(C)(=O)=O. The van der Waals surface area contributed by atoms with Crippen LogP contribution in [-0.4, -0.2) is 32.7 Å². The molecule has 6 heteroatoms. The number of fused-ring (bicyclic) bond motifs is 3. The molecule has 114 valence electrons. The molecule has 1 amide bonds. The number of carbonyl (C=O) groups is 1. The van der Waals surface area contributed by atoms with E-state index in [1.165, 1.54) is 13.2 Å². The zero-order valence-electron chi connectivity index (χ0n) is 12.2. The highest BCUT2D eigenvalue weighted by Gasteiger charge is 2.47. The highest BCUT2D eigenvalue weighted by Crippen LogP contribution is 2.48. The standard InChI is InChI=1S/C15H20N2O3S/c1-10(18)16-12-7-5-9-14-15(12)11-6-3-4-8-13(11)17(14)21(2,19)20/h3-4,6,8,12,14-15H,5,7,9H2,1-2H3,(H,16,18)/t12-,14-,15+/m0/s1. The lowest BCUT2D eigenvalue weighted by molar-refractivity contribution is -0.120. The van der Waals surface area contributed by atoms with Crippen LogP contribution in [0, 0.1) is 0 Å². The number of sulfonamides is 1. The first-order valence-corrected chi connectivity index (χ1v) is 9.10. The molecule has 0 aromatic heterocycles. The summed E-state index contributed by atoms with van der Waals surface area (Å²) in [6.45, 7) is 1.51. The van der Waals surface area contributed by atoms with E-state index in [0.717, 1.165) is 30.5 Å². The van der Waals surface area contributed by atoms with Crippen molar-refractivity contribution in [1.82, 2.24) is 5.32 Å². The summed E-state index contributed by atoms with van der Waals surface area (Å²) in [7, 11) is -3.32. The summed E-state index contributed by atoms with van der Waals surface area (Å²) in [4.78, 5) is 11.4. The topological polar surface area (TPSA) is 66.5 Å². The van der Waals surface area contributed by atoms with Crippen molar-refractivity contribution in [2.24, 2.45) is 0 Å². The van der Waals surface area contributed by atoms with Gasteiger partial charge in [0.05, 0.1) is 18.0 Å². The molecule has 1 aromatic carbocycles. The van der Waals surface area contributed by atoms with E-state index < -0.39 is 10.0 Å². The summed E-state index contributed by atoms with van der Waals surface area (Å²) in [6.07, 6.45) is 3.91. The summed E-state index contributed by atoms with van der Waals surface area (Å²) in [5.74, 6) is -0.00971. The molecule has 1 fully saturated rings. The van der Waals surface area contributed by atoms with Crippen LogP contribution in [0.5, 0.6) is 0 Å². The number of benzene rings is 1. The predicted molar refractivity (Wildman–Crippen MR) is 81.7 cm³/mol. The summed E-state index contributed by atoms with van der Waals surface area (Å²) >= 11 is 0. The molecule has 5 nitrogen and oxygen atoms in total. The minimum absolute atomic E-state index is 0.00847. The lowest BCUT2D eigenvalue weighted by Crippen LogP contribution is -2.49. The van der Waals surface area contributed by atoms with Crippen LogP contribution in [0.1, 0.15) is 37.7 Å². The van der Waals surface area contributed by atoms with Gasteiger partial charge in [-0.05, 0) is 30.9 Å². The number of carbonyl (C=O) groups excluding carboxylic acids is 1. The Bertz CT molecular complexity index is 671. The zero-order chi connectivity index (χ0) is 15.2. The Hall–Kier alpha value is -1.56. The zero-order valence-corrected chi connectivity index (χ0v) is 13.1. The lowest BCUT2D eigenvalue weighted by Gasteiger charge is -2.37. The van der Waals surface area contributed by atoms with Gasteiger partial charge in [-0.15, -0.1) is 0 Å². The van der Waals surface area contributed by atoms with Gasteiger partial charge in [-0.1, -0.05) is 18.2 Å². The normalized spacial score (nSPS) is 27.9. The summed E-state index contributed by atoms with van der Waals surface area (Å²) in [6, 6.07) is 7.57. The Labute approximate surface area is 125 Å². The monoisotopic (exact) mass is 308 g/mol. The van der Waals surface area contributed by atoms with E-state index in [2.05, 4.69) is 5.32 Å². The molecule has 3 rings (SSSR count). The third kappa shape index (κ3) is 2.41. The average molecular weight is 308 g/mol. The van der Waals surface area contributed by atoms with Crippen molar-refractivity contribution in [2.75, 3.05) is 10.6 Å². The van der Waals surface area contributed by atoms with Crippen LogP contribution in [0.25, 0.3) is 0 Å². The predicted octanol–water partition coefficient (Wildman–Crippen LogP) is 1.61. The second kappa shape index (κ2) is 5.02. The smallest absolute Gasteiger partial charge is 0.232 e. The first-order valence-electron chi connectivity index (χ1n) is 7.25. The van der Waals surface area contributed by atoms with E-state index in [9.17, 15) is 13.2 Å². The number of nitrogens with zero attached hydrogens (tertiary/aromatic N) is 1. The number of rotatable bonds is 2. The van der Waals surface area contributed by atoms with Gasteiger partial charge in [-0.3, -0.25) is 9.10 Å². The van der Waals surface area contributed by atoms with Crippen LogP contribution in [-0.2, 0) is 14.8 Å². The van der Waals surface area contributed by atoms with Crippen LogP contribution in [0.4, 0.5) is 5.69 Å². The molecule has 1 saturated carbocycles. The van der Waals surface area contributed by atoms with Gasteiger partial charge in [0.1, 0.15) is 0 Å². The number of hydrogen-bond donors (Lipinski definition) is 1. The number of anilines is 1. The average Bonchev–Trinajstić information content (AvgIpc) is 2.73. The molecular weight excluding hydrogens is 288 g/mol. The van der Waals surface area contributed by atoms with Gasteiger partial charge in [-0.25, -0.2) is 8.42 Å². The maximum atomic E-state index is 12.2. The maximum absolute atomic E-state index is 12.2. The molecule has 1 aliphatic heterocycles. The van der Waals surface area contributed by atoms with Crippen LogP contribution < -0.4 is 9.62 Å². The molecule has 2 aliphatic rings. The minimum Gasteiger partial charge on any atom is -0.353 e. The fourth-order valence-corrected chi connectivity index (χ4v) is 5.11. The second-order valence-corrected chi connectivity index (χ2v) is 7.81. The fourth-order valence-electron chi connectivity index (χ4n) is 3.86. The lowest BCUT2D eigenvalue weighted by atomic mass is 9.78. The number of nitrogens with one attached hydrogen (secondary N) is 1. The van der Waals surface area contributed by atoms with Crippen molar-refractivity contribution in [2.45, 2.75) is 44.2 Å². The Morgan fingerprint density at radius 1 is 1.29 bits per heavy atom. The van der Waals surface area contributed by atoms with Gasteiger partial charge in [0.25, 0.3) is 0 Å². The van der Waals surface area contributed by atoms with Crippen LogP contribution in [0.15, 0.2) is 24.3 Å². The van der Waals surface area contributed by atoms with Gasteiger partial charge >= 0.3 is 0 Å². The Morgan fingerprint density at radius 3 is 2.67 bits per heavy atom. The van der Waals surface area contributed by atoms with Crippen molar-refractivity contribution < 1.29 is 13.2 Å². The van der Waals surface area contributed by atoms with Gasteiger partial charge in [-0.2, -0.15) is 0 Å². The van der Waals surface area contributed by atoms with E-state index in [1.54, 1.807) is 4.31 Å². The largest absolute Gasteiger partial charge is 0.353 e. The quantitative estimate of drug-likeness (QED) is 0.902. The van der Waals surface area contributed by atoms with Crippen molar-refractivity contribution >= 4 is 21.6 Å². The van der Waals surface area contributed by atoms with E-state index in [1.807, 2.05) is 24.3 Å². The van der Waals surface area contributed by atoms with Crippen molar-refractivity contribution in [3.05, 3.63) is 29.8 Å². The summed E-state index contributed by atoms with van der Waals surface area (Å²) < 4.78 is 26.0. The van der Waals surface area contributed by atoms with E-state index >= 15 is 0 Å². The third-order valence-corrected chi connectivity index (χ3v) is 5.63. The molecule has 0 radical (unpaired) electrons. The number of para-hydroxylation sites is 1. The Kier molecular flexibility index (Phi) is 3.43. The second-order valence-electron chi connectivity index (χ2n) is 5.95. The molecule has 1 aromatic rings. The first kappa shape index (κ1) is 14.4. The minimum atomic E-state index is -3.32. The van der Waals surface area contributed by atoms with Crippen molar-refractivity contribution in [1.29, 1.82) is 0 Å². The third-order valence-electron chi connectivity index (χ3n) is 4.44. The van der Waals surface area contributed by atoms with E-state index in [0.29, 0.717) is 0 Å². The van der Waals surface area contributed by atoms with Crippen LogP contribution in [0.3, 0.4) is 0 Å². The Balaban J connectivity index is 2.09. The summed E-state index contributed by atoms with van der Waals surface area (Å²) in [5.41, 5.74) is 1.80. The molecule has 0 spiro atoms. The molecule has 0 bridgehead atoms. The van der Waals surface area contributed by atoms with Crippen LogP contribution >= 0.6 is 0 Å². The van der Waals surface area contributed by atoms with Gasteiger partial charge in [0, 0.05) is 18.9 Å². The van der Waals surface area contributed by atoms with Gasteiger partial charge < -0.3 is 5.32 Å². The highest BCUT2D eigenvalue weighted by atomic mass is 32.2. The molecular formula is C15H20N2O3S. The Morgan fingerprint density at radius 2 is 2.00 bits per heavy atom. The maximum Gasteiger partial charge on any atom is 0.232 e. The molecule has 1 heterocycles. The molecule has 3 atom stereocenters. The molecule has 21 heavy (non-hydrogen) atoms. The van der Waals surface area contributed by atoms with Gasteiger partial charge in [0.15, 0.2) is 0 Å². The number of hydrogen-bond acceptors (Lipinski definition) is 3.